The van der Waals surface area contributed by atoms with Gasteiger partial charge in [-0.25, -0.2) is 9.79 Å². The lowest BCUT2D eigenvalue weighted by Gasteiger charge is -2.16. The van der Waals surface area contributed by atoms with E-state index >= 15 is 0 Å². The number of amidine groups is 1. The van der Waals surface area contributed by atoms with Crippen molar-refractivity contribution in [2.45, 2.75) is 6.92 Å². The maximum Gasteiger partial charge on any atom is 0.377 e. The Morgan fingerprint density at radius 1 is 1.53 bits per heavy atom. The van der Waals surface area contributed by atoms with Crippen molar-refractivity contribution in [3.05, 3.63) is 24.3 Å². The lowest BCUT2D eigenvalue weighted by Crippen LogP contribution is -2.36. The lowest BCUT2D eigenvalue weighted by atomic mass is 10.3. The molecular weight excluding hydrogens is 196 g/mol. The van der Waals surface area contributed by atoms with Crippen LogP contribution in [0, 0.1) is 0 Å². The summed E-state index contributed by atoms with van der Waals surface area (Å²) >= 11 is 0. The monoisotopic (exact) mass is 206 g/mol. The molecule has 1 aliphatic heterocycles. The fourth-order valence-electron chi connectivity index (χ4n) is 1.17. The number of hydroxylamine groups is 1. The largest absolute Gasteiger partial charge is 0.460 e. The van der Waals surface area contributed by atoms with Gasteiger partial charge in [0.25, 0.3) is 0 Å². The first-order chi connectivity index (χ1) is 7.31. The van der Waals surface area contributed by atoms with Crippen LogP contribution in [0.5, 0.6) is 5.75 Å². The van der Waals surface area contributed by atoms with Crippen molar-refractivity contribution >= 4 is 17.5 Å². The van der Waals surface area contributed by atoms with Crippen LogP contribution in [-0.2, 0) is 9.53 Å². The normalized spacial score (nSPS) is 13.0. The van der Waals surface area contributed by atoms with Gasteiger partial charge < -0.3 is 9.57 Å². The Morgan fingerprint density at radius 3 is 3.13 bits per heavy atom. The number of nitrogens with zero attached hydrogens (tertiary/aromatic N) is 1. The van der Waals surface area contributed by atoms with Gasteiger partial charge in [0.15, 0.2) is 5.75 Å². The van der Waals surface area contributed by atoms with E-state index in [4.69, 9.17) is 9.57 Å². The third kappa shape index (κ3) is 1.90. The Kier molecular flexibility index (Phi) is 2.53. The van der Waals surface area contributed by atoms with Crippen LogP contribution in [0.3, 0.4) is 0 Å². The van der Waals surface area contributed by atoms with Crippen molar-refractivity contribution in [2.75, 3.05) is 6.61 Å². The minimum absolute atomic E-state index is 0.0653. The topological polar surface area (TPSA) is 59.9 Å². The molecule has 1 aromatic rings. The summed E-state index contributed by atoms with van der Waals surface area (Å²) in [6.07, 6.45) is 0. The summed E-state index contributed by atoms with van der Waals surface area (Å²) in [4.78, 5) is 20.5. The summed E-state index contributed by atoms with van der Waals surface area (Å²) in [5.41, 5.74) is 3.05. The van der Waals surface area contributed by atoms with Gasteiger partial charge >= 0.3 is 5.97 Å². The smallest absolute Gasteiger partial charge is 0.377 e. The third-order valence-corrected chi connectivity index (χ3v) is 1.82. The number of carbonyl (C=O) groups excluding carboxylic acids is 1. The lowest BCUT2D eigenvalue weighted by molar-refractivity contribution is -0.135. The molecule has 1 heterocycles. The van der Waals surface area contributed by atoms with E-state index in [0.29, 0.717) is 18.0 Å². The van der Waals surface area contributed by atoms with Crippen LogP contribution < -0.4 is 10.3 Å². The van der Waals surface area contributed by atoms with Gasteiger partial charge in [-0.05, 0) is 19.1 Å². The molecule has 78 valence electrons. The molecule has 0 bridgehead atoms. The van der Waals surface area contributed by atoms with E-state index in [-0.39, 0.29) is 5.84 Å². The molecular formula is C10H10N2O3. The van der Waals surface area contributed by atoms with E-state index in [1.807, 2.05) is 12.1 Å². The quantitative estimate of drug-likeness (QED) is 0.738. The first-order valence-electron chi connectivity index (χ1n) is 4.59. The molecule has 5 nitrogen and oxygen atoms in total. The average molecular weight is 206 g/mol. The Balaban J connectivity index is 2.25. The molecule has 0 saturated heterocycles. The molecule has 1 N–H and O–H groups in total. The van der Waals surface area contributed by atoms with Crippen LogP contribution in [0.25, 0.3) is 0 Å². The first-order valence-corrected chi connectivity index (χ1v) is 4.59. The molecule has 1 aromatic carbocycles. The Labute approximate surface area is 86.7 Å². The summed E-state index contributed by atoms with van der Waals surface area (Å²) in [5, 5.41) is 0. The van der Waals surface area contributed by atoms with E-state index in [9.17, 15) is 4.79 Å². The van der Waals surface area contributed by atoms with E-state index < -0.39 is 5.97 Å². The minimum Gasteiger partial charge on any atom is -0.460 e. The summed E-state index contributed by atoms with van der Waals surface area (Å²) < 4.78 is 4.78. The summed E-state index contributed by atoms with van der Waals surface area (Å²) in [6, 6.07) is 7.16. The van der Waals surface area contributed by atoms with E-state index in [1.165, 1.54) is 0 Å². The Bertz CT molecular complexity index is 415. The zero-order valence-electron chi connectivity index (χ0n) is 8.19. The summed E-state index contributed by atoms with van der Waals surface area (Å²) in [5.74, 6) is 0.133. The fourth-order valence-corrected chi connectivity index (χ4v) is 1.17. The standard InChI is InChI=1S/C10H10N2O3/c1-2-14-10(13)9-11-7-5-3-4-6-8(7)15-12-9/h3-6H,2H2,1H3,(H,11,12). The first kappa shape index (κ1) is 9.51. The van der Waals surface area contributed by atoms with Gasteiger partial charge in [0.1, 0.15) is 5.69 Å². The second kappa shape index (κ2) is 4.00. The molecule has 0 spiro atoms. The van der Waals surface area contributed by atoms with Gasteiger partial charge in [0.2, 0.25) is 5.84 Å². The number of hydrogen-bond donors (Lipinski definition) is 1. The molecule has 0 saturated carbocycles. The molecule has 0 amide bonds. The van der Waals surface area contributed by atoms with Gasteiger partial charge in [-0.1, -0.05) is 12.1 Å². The highest BCUT2D eigenvalue weighted by Gasteiger charge is 2.19. The minimum atomic E-state index is -0.521. The maximum absolute atomic E-state index is 11.3. The maximum atomic E-state index is 11.3. The van der Waals surface area contributed by atoms with Crippen molar-refractivity contribution in [3.8, 4) is 5.75 Å². The molecule has 1 aliphatic rings. The van der Waals surface area contributed by atoms with Gasteiger partial charge in [-0.15, -0.1) is 0 Å². The second-order valence-corrected chi connectivity index (χ2v) is 2.85. The van der Waals surface area contributed by atoms with Crippen LogP contribution in [0.2, 0.25) is 0 Å². The van der Waals surface area contributed by atoms with Crippen molar-refractivity contribution in [1.82, 2.24) is 5.48 Å². The van der Waals surface area contributed by atoms with Crippen molar-refractivity contribution in [1.29, 1.82) is 0 Å². The molecule has 0 fully saturated rings. The predicted molar refractivity (Wildman–Crippen MR) is 53.9 cm³/mol. The Hall–Kier alpha value is -2.04. The van der Waals surface area contributed by atoms with Crippen molar-refractivity contribution in [2.24, 2.45) is 4.99 Å². The summed E-state index contributed by atoms with van der Waals surface area (Å²) in [7, 11) is 0. The molecule has 5 heteroatoms. The molecule has 15 heavy (non-hydrogen) atoms. The zero-order chi connectivity index (χ0) is 10.7. The van der Waals surface area contributed by atoms with Gasteiger partial charge in [-0.3, -0.25) is 0 Å². The molecule has 0 aromatic heterocycles. The highest BCUT2D eigenvalue weighted by atomic mass is 16.7. The number of aliphatic imine (C=N–C) groups is 1. The SMILES string of the molecule is CCOC(=O)C1=Nc2ccccc2ON1. The number of para-hydroxylation sites is 2. The Morgan fingerprint density at radius 2 is 2.33 bits per heavy atom. The fraction of sp³-hybridized carbons (Fsp3) is 0.200. The van der Waals surface area contributed by atoms with Crippen LogP contribution in [-0.4, -0.2) is 18.4 Å². The van der Waals surface area contributed by atoms with E-state index in [1.54, 1.807) is 19.1 Å². The van der Waals surface area contributed by atoms with Gasteiger partial charge in [0, 0.05) is 0 Å². The molecule has 0 aliphatic carbocycles. The van der Waals surface area contributed by atoms with Crippen molar-refractivity contribution < 1.29 is 14.4 Å². The molecule has 2 rings (SSSR count). The number of benzene rings is 1. The predicted octanol–water partition coefficient (Wildman–Crippen LogP) is 1.18. The van der Waals surface area contributed by atoms with Gasteiger partial charge in [0.05, 0.1) is 6.61 Å². The van der Waals surface area contributed by atoms with E-state index in [2.05, 4.69) is 10.5 Å². The van der Waals surface area contributed by atoms with Crippen LogP contribution in [0.1, 0.15) is 6.92 Å². The van der Waals surface area contributed by atoms with E-state index in [0.717, 1.165) is 0 Å². The number of esters is 1. The number of hydrogen-bond acceptors (Lipinski definition) is 5. The third-order valence-electron chi connectivity index (χ3n) is 1.82. The number of carbonyl (C=O) groups is 1. The number of rotatable bonds is 2. The molecule has 0 radical (unpaired) electrons. The highest BCUT2D eigenvalue weighted by molar-refractivity contribution is 6.35. The molecule has 0 unspecified atom stereocenters. The summed E-state index contributed by atoms with van der Waals surface area (Å²) in [6.45, 7) is 2.04. The second-order valence-electron chi connectivity index (χ2n) is 2.85. The molecule has 0 atom stereocenters. The van der Waals surface area contributed by atoms with Crippen molar-refractivity contribution in [3.63, 3.8) is 0 Å². The number of fused-ring (bicyclic) bond motifs is 1. The van der Waals surface area contributed by atoms with Crippen LogP contribution in [0.15, 0.2) is 29.3 Å². The average Bonchev–Trinajstić information content (AvgIpc) is 2.29. The van der Waals surface area contributed by atoms with Crippen LogP contribution in [0.4, 0.5) is 5.69 Å². The van der Waals surface area contributed by atoms with Crippen LogP contribution >= 0.6 is 0 Å². The zero-order valence-corrected chi connectivity index (χ0v) is 8.19. The highest BCUT2D eigenvalue weighted by Crippen LogP contribution is 2.28. The number of ether oxygens (including phenoxy) is 1. The van der Waals surface area contributed by atoms with Gasteiger partial charge in [-0.2, -0.15) is 5.48 Å². The number of nitrogens with one attached hydrogen (secondary N) is 1.